The summed E-state index contributed by atoms with van der Waals surface area (Å²) in [4.78, 5) is 15.2. The number of allylic oxidation sites excluding steroid dienone is 1. The van der Waals surface area contributed by atoms with Crippen molar-refractivity contribution in [2.24, 2.45) is 0 Å². The van der Waals surface area contributed by atoms with Gasteiger partial charge in [0.25, 0.3) is 5.91 Å². The molecule has 0 saturated carbocycles. The van der Waals surface area contributed by atoms with Gasteiger partial charge in [0.1, 0.15) is 5.82 Å². The first-order valence-corrected chi connectivity index (χ1v) is 12.3. The minimum Gasteiger partial charge on any atom is -0.363 e. The maximum Gasteiger partial charge on any atom is 0.255 e. The molecule has 0 bridgehead atoms. The highest BCUT2D eigenvalue weighted by atomic mass is 19.2. The van der Waals surface area contributed by atoms with Crippen molar-refractivity contribution in [3.8, 4) is 0 Å². The van der Waals surface area contributed by atoms with Crippen LogP contribution in [0.1, 0.15) is 39.2 Å². The summed E-state index contributed by atoms with van der Waals surface area (Å²) in [7, 11) is 3.82. The number of aromatic nitrogens is 1. The van der Waals surface area contributed by atoms with Crippen molar-refractivity contribution in [2.75, 3.05) is 19.0 Å². The van der Waals surface area contributed by atoms with Crippen LogP contribution in [0.2, 0.25) is 0 Å². The Balaban J connectivity index is 1.60. The Kier molecular flexibility index (Phi) is 8.52. The zero-order valence-electron chi connectivity index (χ0n) is 21.1. The summed E-state index contributed by atoms with van der Waals surface area (Å²) in [5.74, 6) is -1.35. The van der Waals surface area contributed by atoms with Gasteiger partial charge in [-0.1, -0.05) is 72.8 Å². The van der Waals surface area contributed by atoms with Crippen LogP contribution >= 0.6 is 0 Å². The van der Waals surface area contributed by atoms with Crippen LogP contribution in [0.4, 0.5) is 14.6 Å². The summed E-state index contributed by atoms with van der Waals surface area (Å²) < 4.78 is 29.0. The summed E-state index contributed by atoms with van der Waals surface area (Å²) in [6.45, 7) is 0.693. The highest BCUT2D eigenvalue weighted by Gasteiger charge is 2.21. The maximum atomic E-state index is 13.6. The van der Waals surface area contributed by atoms with Gasteiger partial charge in [-0.15, -0.1) is 0 Å². The Morgan fingerprint density at radius 3 is 2.19 bits per heavy atom. The average molecular weight is 500 g/mol. The van der Waals surface area contributed by atoms with Crippen LogP contribution in [-0.4, -0.2) is 24.6 Å². The molecule has 37 heavy (non-hydrogen) atoms. The molecule has 4 aromatic rings. The number of hydrogen-bond donors (Lipinski definition) is 1. The van der Waals surface area contributed by atoms with E-state index in [1.54, 1.807) is 0 Å². The lowest BCUT2D eigenvalue weighted by Crippen LogP contribution is -2.26. The Morgan fingerprint density at radius 1 is 0.865 bits per heavy atom. The van der Waals surface area contributed by atoms with Gasteiger partial charge in [0.2, 0.25) is 0 Å². The van der Waals surface area contributed by atoms with Gasteiger partial charge in [0, 0.05) is 32.9 Å². The van der Waals surface area contributed by atoms with E-state index in [-0.39, 0.29) is 12.5 Å². The fourth-order valence-corrected chi connectivity index (χ4v) is 4.30. The minimum atomic E-state index is -0.933. The molecule has 0 fully saturated rings. The highest BCUT2D eigenvalue weighted by Crippen LogP contribution is 2.27. The lowest BCUT2D eigenvalue weighted by atomic mass is 10.1. The van der Waals surface area contributed by atoms with E-state index < -0.39 is 11.6 Å². The molecule has 0 radical (unpaired) electrons. The molecule has 6 heteroatoms. The second-order valence-corrected chi connectivity index (χ2v) is 9.13. The number of carbonyl (C=O) groups excluding carboxylic acids is 1. The molecule has 1 N–H and O–H groups in total. The number of aryl methyl sites for hydroxylation is 1. The largest absolute Gasteiger partial charge is 0.363 e. The third-order valence-corrected chi connectivity index (χ3v) is 6.12. The van der Waals surface area contributed by atoms with E-state index in [1.165, 1.54) is 11.6 Å². The molecule has 0 spiro atoms. The van der Waals surface area contributed by atoms with Gasteiger partial charge in [-0.3, -0.25) is 4.79 Å². The zero-order chi connectivity index (χ0) is 26.2. The third kappa shape index (κ3) is 6.73. The molecular formula is C31H31F2N3O. The molecule has 190 valence electrons. The zero-order valence-corrected chi connectivity index (χ0v) is 21.1. The fraction of sp³-hybridized carbons (Fsp3) is 0.194. The predicted octanol–water partition coefficient (Wildman–Crippen LogP) is 6.46. The minimum absolute atomic E-state index is 0.0923. The molecule has 0 saturated heterocycles. The Hall–Kier alpha value is -4.19. The molecule has 1 amide bonds. The molecule has 1 aromatic heterocycles. The number of carbonyl (C=O) groups is 1. The molecule has 0 aliphatic carbocycles. The standard InChI is InChI=1S/C31H31F2N3O/c1-35(2)31-27(30(37)34-21-25-17-18-28(32)29(33)19-25)20-26(36(31)22-24-14-7-4-8-15-24)16-10-9-13-23-11-5-3-6-12-23/h3-8,10-12,14-20H,9,13,21-22H2,1-2H3,(H,34,37)/b16-10+. The summed E-state index contributed by atoms with van der Waals surface area (Å²) in [6, 6.07) is 25.9. The second-order valence-electron chi connectivity index (χ2n) is 9.13. The molecule has 0 aliphatic rings. The van der Waals surface area contributed by atoms with Crippen molar-refractivity contribution in [2.45, 2.75) is 25.9 Å². The lowest BCUT2D eigenvalue weighted by Gasteiger charge is -2.20. The van der Waals surface area contributed by atoms with Gasteiger partial charge >= 0.3 is 0 Å². The quantitative estimate of drug-likeness (QED) is 0.272. The Labute approximate surface area is 216 Å². The Bertz CT molecular complexity index is 1360. The summed E-state index contributed by atoms with van der Waals surface area (Å²) >= 11 is 0. The van der Waals surface area contributed by atoms with Crippen LogP contribution in [0.15, 0.2) is 91.0 Å². The first-order chi connectivity index (χ1) is 17.9. The number of nitrogens with zero attached hydrogens (tertiary/aromatic N) is 2. The van der Waals surface area contributed by atoms with Gasteiger partial charge in [0.15, 0.2) is 11.6 Å². The molecule has 4 nitrogen and oxygen atoms in total. The van der Waals surface area contributed by atoms with Crippen molar-refractivity contribution in [1.29, 1.82) is 0 Å². The topological polar surface area (TPSA) is 37.3 Å². The number of hydrogen-bond acceptors (Lipinski definition) is 2. The van der Waals surface area contributed by atoms with E-state index in [4.69, 9.17) is 0 Å². The third-order valence-electron chi connectivity index (χ3n) is 6.12. The maximum absolute atomic E-state index is 13.6. The molecule has 0 atom stereocenters. The van der Waals surface area contributed by atoms with Crippen molar-refractivity contribution >= 4 is 17.8 Å². The van der Waals surface area contributed by atoms with Crippen LogP contribution in [-0.2, 0) is 19.5 Å². The Morgan fingerprint density at radius 2 is 1.54 bits per heavy atom. The number of halogens is 2. The van der Waals surface area contributed by atoms with Crippen molar-refractivity contribution < 1.29 is 13.6 Å². The summed E-state index contributed by atoms with van der Waals surface area (Å²) in [6.07, 6.45) is 5.99. The smallest absolute Gasteiger partial charge is 0.255 e. The van der Waals surface area contributed by atoms with E-state index in [0.717, 1.165) is 42.0 Å². The van der Waals surface area contributed by atoms with Crippen LogP contribution < -0.4 is 10.2 Å². The van der Waals surface area contributed by atoms with Crippen molar-refractivity contribution in [1.82, 2.24) is 9.88 Å². The van der Waals surface area contributed by atoms with Crippen LogP contribution in [0.5, 0.6) is 0 Å². The van der Waals surface area contributed by atoms with Gasteiger partial charge in [-0.05, 0) is 53.8 Å². The van der Waals surface area contributed by atoms with E-state index >= 15 is 0 Å². The van der Waals surface area contributed by atoms with Crippen molar-refractivity contribution in [3.63, 3.8) is 0 Å². The van der Waals surface area contributed by atoms with E-state index in [0.29, 0.717) is 17.7 Å². The molecular weight excluding hydrogens is 468 g/mol. The van der Waals surface area contributed by atoms with Crippen LogP contribution in [0.25, 0.3) is 6.08 Å². The molecule has 1 heterocycles. The molecule has 4 rings (SSSR count). The number of rotatable bonds is 10. The second kappa shape index (κ2) is 12.2. The molecule has 0 aliphatic heterocycles. The van der Waals surface area contributed by atoms with Crippen LogP contribution in [0, 0.1) is 11.6 Å². The van der Waals surface area contributed by atoms with E-state index in [9.17, 15) is 13.6 Å². The van der Waals surface area contributed by atoms with E-state index in [1.807, 2.05) is 61.5 Å². The molecule has 3 aromatic carbocycles. The summed E-state index contributed by atoms with van der Waals surface area (Å²) in [5, 5.41) is 2.86. The summed E-state index contributed by atoms with van der Waals surface area (Å²) in [5.41, 5.74) is 4.32. The number of benzene rings is 3. The highest BCUT2D eigenvalue weighted by molar-refractivity contribution is 6.00. The number of anilines is 1. The average Bonchev–Trinajstić information content (AvgIpc) is 3.26. The fourth-order valence-electron chi connectivity index (χ4n) is 4.30. The first kappa shape index (κ1) is 25.9. The number of amides is 1. The van der Waals surface area contributed by atoms with Gasteiger partial charge in [-0.25, -0.2) is 8.78 Å². The molecule has 0 unspecified atom stereocenters. The van der Waals surface area contributed by atoms with Gasteiger partial charge in [0.05, 0.1) is 5.56 Å². The SMILES string of the molecule is CN(C)c1c(C(=O)NCc2ccc(F)c(F)c2)cc(/C=C/CCc2ccccc2)n1Cc1ccccc1. The monoisotopic (exact) mass is 499 g/mol. The lowest BCUT2D eigenvalue weighted by molar-refractivity contribution is 0.0951. The van der Waals surface area contributed by atoms with Gasteiger partial charge < -0.3 is 14.8 Å². The predicted molar refractivity (Wildman–Crippen MR) is 146 cm³/mol. The first-order valence-electron chi connectivity index (χ1n) is 12.3. The van der Waals surface area contributed by atoms with Crippen molar-refractivity contribution in [3.05, 3.63) is 131 Å². The van der Waals surface area contributed by atoms with Crippen LogP contribution in [0.3, 0.4) is 0 Å². The van der Waals surface area contributed by atoms with Gasteiger partial charge in [-0.2, -0.15) is 0 Å². The normalized spacial score (nSPS) is 11.1. The number of nitrogens with one attached hydrogen (secondary N) is 1. The van der Waals surface area contributed by atoms with E-state index in [2.05, 4.69) is 46.3 Å².